The summed E-state index contributed by atoms with van der Waals surface area (Å²) in [6.07, 6.45) is 0. The van der Waals surface area contributed by atoms with Crippen molar-refractivity contribution in [2.45, 2.75) is 6.54 Å². The second-order valence-electron chi connectivity index (χ2n) is 3.97. The molecule has 0 heterocycles. The number of hydrogen-bond acceptors (Lipinski definition) is 1. The van der Waals surface area contributed by atoms with Crippen molar-refractivity contribution in [3.05, 3.63) is 59.4 Å². The highest BCUT2D eigenvalue weighted by atomic mass is 19.1. The van der Waals surface area contributed by atoms with E-state index >= 15 is 0 Å². The lowest BCUT2D eigenvalue weighted by molar-refractivity contribution is 0.582. The molecule has 0 aliphatic heterocycles. The molecular formula is C14H12F3N. The van der Waals surface area contributed by atoms with Gasteiger partial charge in [0.25, 0.3) is 0 Å². The van der Waals surface area contributed by atoms with Crippen LogP contribution in [0.2, 0.25) is 0 Å². The molecule has 0 aromatic heterocycles. The van der Waals surface area contributed by atoms with Gasteiger partial charge in [0.2, 0.25) is 0 Å². The van der Waals surface area contributed by atoms with E-state index in [1.165, 1.54) is 18.2 Å². The SMILES string of the molecule is CNCc1ccc(-c2ccc(F)cc2F)c(F)c1. The fourth-order valence-electron chi connectivity index (χ4n) is 1.80. The molecule has 0 spiro atoms. The number of rotatable bonds is 3. The Kier molecular flexibility index (Phi) is 3.67. The van der Waals surface area contributed by atoms with E-state index in [1.807, 2.05) is 0 Å². The first kappa shape index (κ1) is 12.6. The van der Waals surface area contributed by atoms with Gasteiger partial charge in [-0.05, 0) is 30.8 Å². The molecule has 0 saturated heterocycles. The average molecular weight is 251 g/mol. The van der Waals surface area contributed by atoms with Gasteiger partial charge >= 0.3 is 0 Å². The van der Waals surface area contributed by atoms with E-state index < -0.39 is 17.5 Å². The lowest BCUT2D eigenvalue weighted by atomic mass is 10.0. The van der Waals surface area contributed by atoms with E-state index in [4.69, 9.17) is 0 Å². The quantitative estimate of drug-likeness (QED) is 0.880. The Balaban J connectivity index is 2.44. The van der Waals surface area contributed by atoms with Crippen LogP contribution in [0, 0.1) is 17.5 Å². The maximum Gasteiger partial charge on any atom is 0.134 e. The summed E-state index contributed by atoms with van der Waals surface area (Å²) in [5, 5.41) is 2.90. The highest BCUT2D eigenvalue weighted by Gasteiger charge is 2.11. The predicted molar refractivity (Wildman–Crippen MR) is 64.5 cm³/mol. The fraction of sp³-hybridized carbons (Fsp3) is 0.143. The van der Waals surface area contributed by atoms with Gasteiger partial charge in [-0.3, -0.25) is 0 Å². The molecule has 0 fully saturated rings. The average Bonchev–Trinajstić information content (AvgIpc) is 2.31. The van der Waals surface area contributed by atoms with Crippen LogP contribution in [0.15, 0.2) is 36.4 Å². The van der Waals surface area contributed by atoms with Crippen molar-refractivity contribution in [2.24, 2.45) is 0 Å². The molecule has 1 N–H and O–H groups in total. The molecule has 0 bridgehead atoms. The third-order valence-electron chi connectivity index (χ3n) is 2.64. The molecule has 0 aliphatic rings. The summed E-state index contributed by atoms with van der Waals surface area (Å²) >= 11 is 0. The first-order chi connectivity index (χ1) is 8.61. The molecule has 2 rings (SSSR count). The Morgan fingerprint density at radius 1 is 0.889 bits per heavy atom. The molecule has 0 amide bonds. The molecule has 18 heavy (non-hydrogen) atoms. The third kappa shape index (κ3) is 2.54. The van der Waals surface area contributed by atoms with Crippen LogP contribution in [0.1, 0.15) is 5.56 Å². The molecule has 4 heteroatoms. The Bertz CT molecular complexity index is 567. The van der Waals surface area contributed by atoms with E-state index in [2.05, 4.69) is 5.32 Å². The topological polar surface area (TPSA) is 12.0 Å². The van der Waals surface area contributed by atoms with Gasteiger partial charge in [0.15, 0.2) is 0 Å². The van der Waals surface area contributed by atoms with E-state index in [0.717, 1.165) is 17.7 Å². The van der Waals surface area contributed by atoms with Crippen LogP contribution < -0.4 is 5.32 Å². The number of nitrogens with one attached hydrogen (secondary N) is 1. The van der Waals surface area contributed by atoms with Crippen molar-refractivity contribution < 1.29 is 13.2 Å². The van der Waals surface area contributed by atoms with Crippen molar-refractivity contribution >= 4 is 0 Å². The van der Waals surface area contributed by atoms with E-state index in [0.29, 0.717) is 6.54 Å². The highest BCUT2D eigenvalue weighted by molar-refractivity contribution is 5.65. The maximum atomic E-state index is 13.9. The zero-order chi connectivity index (χ0) is 13.1. The summed E-state index contributed by atoms with van der Waals surface area (Å²) in [7, 11) is 1.76. The van der Waals surface area contributed by atoms with Crippen molar-refractivity contribution in [1.82, 2.24) is 5.32 Å². The summed E-state index contributed by atoms with van der Waals surface area (Å²) in [6.45, 7) is 0.531. The second kappa shape index (κ2) is 5.23. The summed E-state index contributed by atoms with van der Waals surface area (Å²) in [5.74, 6) is -1.97. The second-order valence-corrected chi connectivity index (χ2v) is 3.97. The van der Waals surface area contributed by atoms with Gasteiger partial charge < -0.3 is 5.32 Å². The highest BCUT2D eigenvalue weighted by Crippen LogP contribution is 2.26. The summed E-state index contributed by atoms with van der Waals surface area (Å²) in [6, 6.07) is 7.64. The molecule has 0 saturated carbocycles. The van der Waals surface area contributed by atoms with Crippen molar-refractivity contribution in [3.63, 3.8) is 0 Å². The van der Waals surface area contributed by atoms with Gasteiger partial charge in [0, 0.05) is 23.7 Å². The van der Waals surface area contributed by atoms with Gasteiger partial charge in [-0.1, -0.05) is 12.1 Å². The maximum absolute atomic E-state index is 13.9. The first-order valence-corrected chi connectivity index (χ1v) is 5.50. The van der Waals surface area contributed by atoms with Crippen LogP contribution in [0.25, 0.3) is 11.1 Å². The van der Waals surface area contributed by atoms with Gasteiger partial charge in [-0.2, -0.15) is 0 Å². The van der Waals surface area contributed by atoms with Crippen molar-refractivity contribution in [1.29, 1.82) is 0 Å². The minimum Gasteiger partial charge on any atom is -0.316 e. The zero-order valence-electron chi connectivity index (χ0n) is 9.81. The first-order valence-electron chi connectivity index (χ1n) is 5.50. The molecular weight excluding hydrogens is 239 g/mol. The molecule has 2 aromatic rings. The lowest BCUT2D eigenvalue weighted by Crippen LogP contribution is -2.05. The predicted octanol–water partition coefficient (Wildman–Crippen LogP) is 3.49. The Morgan fingerprint density at radius 2 is 1.50 bits per heavy atom. The molecule has 0 unspecified atom stereocenters. The largest absolute Gasteiger partial charge is 0.316 e. The van der Waals surface area contributed by atoms with Crippen LogP contribution in [0.4, 0.5) is 13.2 Å². The van der Waals surface area contributed by atoms with Crippen LogP contribution in [0.3, 0.4) is 0 Å². The monoisotopic (exact) mass is 251 g/mol. The van der Waals surface area contributed by atoms with Crippen LogP contribution in [-0.4, -0.2) is 7.05 Å². The summed E-state index contributed by atoms with van der Waals surface area (Å²) < 4.78 is 40.2. The number of halogens is 3. The normalized spacial score (nSPS) is 10.7. The van der Waals surface area contributed by atoms with Crippen molar-refractivity contribution in [3.8, 4) is 11.1 Å². The fourth-order valence-corrected chi connectivity index (χ4v) is 1.80. The molecule has 0 atom stereocenters. The van der Waals surface area contributed by atoms with Gasteiger partial charge in [0.1, 0.15) is 17.5 Å². The van der Waals surface area contributed by atoms with E-state index in [1.54, 1.807) is 13.1 Å². The molecule has 0 radical (unpaired) electrons. The Morgan fingerprint density at radius 3 is 2.06 bits per heavy atom. The minimum atomic E-state index is -0.768. The third-order valence-corrected chi connectivity index (χ3v) is 2.64. The van der Waals surface area contributed by atoms with Crippen LogP contribution >= 0.6 is 0 Å². The van der Waals surface area contributed by atoms with E-state index in [-0.39, 0.29) is 11.1 Å². The minimum absolute atomic E-state index is 0.0601. The molecule has 1 nitrogen and oxygen atoms in total. The summed E-state index contributed by atoms with van der Waals surface area (Å²) in [5.41, 5.74) is 0.957. The van der Waals surface area contributed by atoms with E-state index in [9.17, 15) is 13.2 Å². The Hall–Kier alpha value is -1.81. The standard InChI is InChI=1S/C14H12F3N/c1-18-8-9-2-4-11(13(16)6-9)12-5-3-10(15)7-14(12)17/h2-7,18H,8H2,1H3. The number of benzene rings is 2. The van der Waals surface area contributed by atoms with Gasteiger partial charge in [-0.15, -0.1) is 0 Å². The van der Waals surface area contributed by atoms with Crippen LogP contribution in [-0.2, 0) is 6.54 Å². The molecule has 2 aromatic carbocycles. The van der Waals surface area contributed by atoms with Crippen LogP contribution in [0.5, 0.6) is 0 Å². The van der Waals surface area contributed by atoms with Gasteiger partial charge in [-0.25, -0.2) is 13.2 Å². The molecule has 94 valence electrons. The molecule has 0 aliphatic carbocycles. The van der Waals surface area contributed by atoms with Gasteiger partial charge in [0.05, 0.1) is 0 Å². The smallest absolute Gasteiger partial charge is 0.134 e. The Labute approximate surface area is 103 Å². The lowest BCUT2D eigenvalue weighted by Gasteiger charge is -2.07. The summed E-state index contributed by atoms with van der Waals surface area (Å²) in [4.78, 5) is 0. The number of hydrogen-bond donors (Lipinski definition) is 1. The zero-order valence-corrected chi connectivity index (χ0v) is 9.81. The van der Waals surface area contributed by atoms with Crippen molar-refractivity contribution in [2.75, 3.05) is 7.05 Å².